The van der Waals surface area contributed by atoms with E-state index in [1.165, 1.54) is 0 Å². The van der Waals surface area contributed by atoms with Crippen molar-refractivity contribution in [2.24, 2.45) is 0 Å². The first kappa shape index (κ1) is 9.78. The van der Waals surface area contributed by atoms with E-state index in [0.717, 1.165) is 37.2 Å². The number of aromatic nitrogens is 1. The largest absolute Gasteiger partial charge is 0.330 e. The highest BCUT2D eigenvalue weighted by molar-refractivity contribution is 5.97. The van der Waals surface area contributed by atoms with Crippen molar-refractivity contribution in [3.63, 3.8) is 0 Å². The Morgan fingerprint density at radius 1 is 1.38 bits per heavy atom. The van der Waals surface area contributed by atoms with Gasteiger partial charge in [-0.2, -0.15) is 0 Å². The van der Waals surface area contributed by atoms with E-state index in [9.17, 15) is 4.79 Å². The maximum Gasteiger partial charge on any atom is 0.256 e. The standard InChI is InChI=1S/C12H15N3O/c16-12-10-2-1-5-14-11(10)8-15(12)9-3-6-13-7-4-9/h1-2,5,9,13H,3-4,6-8H2. The minimum Gasteiger partial charge on any atom is -0.330 e. The summed E-state index contributed by atoms with van der Waals surface area (Å²) in [6, 6.07) is 4.11. The Labute approximate surface area is 94.7 Å². The van der Waals surface area contributed by atoms with Gasteiger partial charge >= 0.3 is 0 Å². The Kier molecular flexibility index (Phi) is 2.36. The first-order chi connectivity index (χ1) is 7.86. The molecule has 0 atom stereocenters. The van der Waals surface area contributed by atoms with Gasteiger partial charge in [-0.3, -0.25) is 9.78 Å². The van der Waals surface area contributed by atoms with Crippen molar-refractivity contribution in [1.82, 2.24) is 15.2 Å². The van der Waals surface area contributed by atoms with Crippen molar-refractivity contribution in [3.8, 4) is 0 Å². The third kappa shape index (κ3) is 1.50. The van der Waals surface area contributed by atoms with Gasteiger partial charge < -0.3 is 10.2 Å². The number of hydrogen-bond donors (Lipinski definition) is 1. The molecule has 84 valence electrons. The van der Waals surface area contributed by atoms with Gasteiger partial charge in [-0.25, -0.2) is 0 Å². The van der Waals surface area contributed by atoms with Crippen LogP contribution in [0.3, 0.4) is 0 Å². The molecule has 1 aromatic rings. The fourth-order valence-electron chi connectivity index (χ4n) is 2.56. The van der Waals surface area contributed by atoms with Gasteiger partial charge in [0.05, 0.1) is 17.8 Å². The lowest BCUT2D eigenvalue weighted by atomic mass is 10.1. The minimum atomic E-state index is 0.162. The lowest BCUT2D eigenvalue weighted by molar-refractivity contribution is 0.0667. The molecule has 1 saturated heterocycles. The molecule has 2 aliphatic rings. The van der Waals surface area contributed by atoms with Crippen molar-refractivity contribution >= 4 is 5.91 Å². The van der Waals surface area contributed by atoms with Crippen LogP contribution in [0.4, 0.5) is 0 Å². The molecule has 4 nitrogen and oxygen atoms in total. The van der Waals surface area contributed by atoms with E-state index in [-0.39, 0.29) is 5.91 Å². The molecule has 0 radical (unpaired) electrons. The summed E-state index contributed by atoms with van der Waals surface area (Å²) in [5, 5.41) is 3.32. The number of fused-ring (bicyclic) bond motifs is 1. The normalized spacial score (nSPS) is 21.2. The summed E-state index contributed by atoms with van der Waals surface area (Å²) in [4.78, 5) is 18.4. The minimum absolute atomic E-state index is 0.162. The molecule has 1 fully saturated rings. The summed E-state index contributed by atoms with van der Waals surface area (Å²) in [7, 11) is 0. The van der Waals surface area contributed by atoms with Crippen LogP contribution in [-0.4, -0.2) is 34.9 Å². The van der Waals surface area contributed by atoms with Crippen molar-refractivity contribution < 1.29 is 4.79 Å². The highest BCUT2D eigenvalue weighted by atomic mass is 16.2. The summed E-state index contributed by atoms with van der Waals surface area (Å²) in [5.74, 6) is 0.162. The second-order valence-corrected chi connectivity index (χ2v) is 4.41. The molecule has 2 aliphatic heterocycles. The molecular weight excluding hydrogens is 202 g/mol. The number of nitrogens with zero attached hydrogens (tertiary/aromatic N) is 2. The topological polar surface area (TPSA) is 45.2 Å². The number of pyridine rings is 1. The summed E-state index contributed by atoms with van der Waals surface area (Å²) in [6.07, 6.45) is 3.87. The van der Waals surface area contributed by atoms with Gasteiger partial charge in [0.15, 0.2) is 0 Å². The summed E-state index contributed by atoms with van der Waals surface area (Å²) < 4.78 is 0. The highest BCUT2D eigenvalue weighted by Gasteiger charge is 2.33. The van der Waals surface area contributed by atoms with Crippen LogP contribution >= 0.6 is 0 Å². The Hall–Kier alpha value is -1.42. The maximum atomic E-state index is 12.2. The molecular formula is C12H15N3O. The van der Waals surface area contributed by atoms with E-state index < -0.39 is 0 Å². The lowest BCUT2D eigenvalue weighted by Gasteiger charge is -2.31. The molecule has 1 N–H and O–H groups in total. The van der Waals surface area contributed by atoms with E-state index >= 15 is 0 Å². The quantitative estimate of drug-likeness (QED) is 0.756. The Bertz CT molecular complexity index is 412. The van der Waals surface area contributed by atoms with Crippen LogP contribution in [0.15, 0.2) is 18.3 Å². The third-order valence-corrected chi connectivity index (χ3v) is 3.45. The van der Waals surface area contributed by atoms with Gasteiger partial charge in [0.25, 0.3) is 5.91 Å². The van der Waals surface area contributed by atoms with E-state index in [1.54, 1.807) is 6.20 Å². The monoisotopic (exact) mass is 217 g/mol. The van der Waals surface area contributed by atoms with Crippen LogP contribution < -0.4 is 5.32 Å². The molecule has 3 heterocycles. The Morgan fingerprint density at radius 3 is 2.94 bits per heavy atom. The van der Waals surface area contributed by atoms with E-state index in [0.29, 0.717) is 12.6 Å². The Morgan fingerprint density at radius 2 is 2.19 bits per heavy atom. The molecule has 0 aromatic carbocycles. The average Bonchev–Trinajstić information content (AvgIpc) is 2.69. The number of nitrogens with one attached hydrogen (secondary N) is 1. The van der Waals surface area contributed by atoms with E-state index in [2.05, 4.69) is 10.3 Å². The van der Waals surface area contributed by atoms with Crippen molar-refractivity contribution in [3.05, 3.63) is 29.6 Å². The van der Waals surface area contributed by atoms with E-state index in [4.69, 9.17) is 0 Å². The number of piperidine rings is 1. The summed E-state index contributed by atoms with van der Waals surface area (Å²) in [5.41, 5.74) is 1.73. The number of amides is 1. The van der Waals surface area contributed by atoms with Crippen LogP contribution in [0.25, 0.3) is 0 Å². The van der Waals surface area contributed by atoms with Crippen LogP contribution in [0.1, 0.15) is 28.9 Å². The van der Waals surface area contributed by atoms with Crippen molar-refractivity contribution in [2.45, 2.75) is 25.4 Å². The molecule has 1 aromatic heterocycles. The van der Waals surface area contributed by atoms with Gasteiger partial charge in [-0.05, 0) is 38.1 Å². The van der Waals surface area contributed by atoms with Crippen molar-refractivity contribution in [1.29, 1.82) is 0 Å². The third-order valence-electron chi connectivity index (χ3n) is 3.45. The van der Waals surface area contributed by atoms with Gasteiger partial charge in [-0.15, -0.1) is 0 Å². The van der Waals surface area contributed by atoms with Crippen LogP contribution in [0.2, 0.25) is 0 Å². The molecule has 4 heteroatoms. The SMILES string of the molecule is O=C1c2cccnc2CN1C1CCNCC1. The first-order valence-corrected chi connectivity index (χ1v) is 5.82. The fourth-order valence-corrected chi connectivity index (χ4v) is 2.56. The van der Waals surface area contributed by atoms with Gasteiger partial charge in [0.1, 0.15) is 0 Å². The zero-order chi connectivity index (χ0) is 11.0. The second-order valence-electron chi connectivity index (χ2n) is 4.41. The predicted octanol–water partition coefficient (Wildman–Crippen LogP) is 0.789. The lowest BCUT2D eigenvalue weighted by Crippen LogP contribution is -2.43. The predicted molar refractivity (Wildman–Crippen MR) is 60.0 cm³/mol. The zero-order valence-electron chi connectivity index (χ0n) is 9.15. The number of carbonyl (C=O) groups is 1. The molecule has 3 rings (SSSR count). The van der Waals surface area contributed by atoms with Crippen LogP contribution in [0.5, 0.6) is 0 Å². The fraction of sp³-hybridized carbons (Fsp3) is 0.500. The average molecular weight is 217 g/mol. The molecule has 1 amide bonds. The second kappa shape index (κ2) is 3.87. The molecule has 16 heavy (non-hydrogen) atoms. The highest BCUT2D eigenvalue weighted by Crippen LogP contribution is 2.25. The van der Waals surface area contributed by atoms with E-state index in [1.807, 2.05) is 17.0 Å². The van der Waals surface area contributed by atoms with Crippen LogP contribution in [-0.2, 0) is 6.54 Å². The van der Waals surface area contributed by atoms with Gasteiger partial charge in [0, 0.05) is 12.2 Å². The van der Waals surface area contributed by atoms with Crippen molar-refractivity contribution in [2.75, 3.05) is 13.1 Å². The molecule has 0 unspecified atom stereocenters. The molecule has 0 aliphatic carbocycles. The molecule has 0 saturated carbocycles. The first-order valence-electron chi connectivity index (χ1n) is 5.82. The maximum absolute atomic E-state index is 12.2. The summed E-state index contributed by atoms with van der Waals surface area (Å²) in [6.45, 7) is 2.72. The zero-order valence-corrected chi connectivity index (χ0v) is 9.15. The number of hydrogen-bond acceptors (Lipinski definition) is 3. The smallest absolute Gasteiger partial charge is 0.256 e. The Balaban J connectivity index is 1.83. The van der Waals surface area contributed by atoms with Gasteiger partial charge in [-0.1, -0.05) is 0 Å². The number of carbonyl (C=O) groups excluding carboxylic acids is 1. The number of rotatable bonds is 1. The molecule has 0 spiro atoms. The summed E-state index contributed by atoms with van der Waals surface area (Å²) >= 11 is 0. The molecule has 0 bridgehead atoms. The van der Waals surface area contributed by atoms with Gasteiger partial charge in [0.2, 0.25) is 0 Å². The van der Waals surface area contributed by atoms with Crippen LogP contribution in [0, 0.1) is 0 Å².